The van der Waals surface area contributed by atoms with Crippen LogP contribution < -0.4 is 0 Å². The number of aromatic nitrogens is 1. The van der Waals surface area contributed by atoms with Crippen LogP contribution in [0.25, 0.3) is 0 Å². The minimum Gasteiger partial charge on any atom is -0.261 e. The van der Waals surface area contributed by atoms with E-state index in [9.17, 15) is 0 Å². The van der Waals surface area contributed by atoms with Gasteiger partial charge in [-0.1, -0.05) is 97.0 Å². The van der Waals surface area contributed by atoms with Crippen LogP contribution in [0.5, 0.6) is 0 Å². The zero-order chi connectivity index (χ0) is 24.2. The second-order valence-corrected chi connectivity index (χ2v) is 11.6. The summed E-state index contributed by atoms with van der Waals surface area (Å²) in [6, 6.07) is 4.18. The first-order chi connectivity index (χ1) is 16.5. The predicted octanol–water partition coefficient (Wildman–Crippen LogP) is 10.3. The number of halogens is 2. The van der Waals surface area contributed by atoms with Crippen molar-refractivity contribution in [2.45, 2.75) is 148 Å². The first-order valence-electron chi connectivity index (χ1n) is 14.9. The number of rotatable bonds is 14. The van der Waals surface area contributed by atoms with Crippen LogP contribution in [0.4, 0.5) is 8.78 Å². The molecule has 2 atom stereocenters. The average Bonchev–Trinajstić information content (AvgIpc) is 2.84. The molecule has 1 nitrogen and oxygen atoms in total. The molecule has 34 heavy (non-hydrogen) atoms. The highest BCUT2D eigenvalue weighted by Crippen LogP contribution is 2.51. The molecule has 0 unspecified atom stereocenters. The van der Waals surface area contributed by atoms with Crippen LogP contribution in [-0.4, -0.2) is 10.9 Å². The Morgan fingerprint density at radius 1 is 0.794 bits per heavy atom. The number of hydrogen-bond donors (Lipinski definition) is 0. The van der Waals surface area contributed by atoms with E-state index in [0.717, 1.165) is 37.3 Å². The molecule has 0 bridgehead atoms. The third-order valence-electron chi connectivity index (χ3n) is 8.90. The summed E-state index contributed by atoms with van der Waals surface area (Å²) in [5, 5.41) is 0. The van der Waals surface area contributed by atoms with Crippen molar-refractivity contribution in [3.8, 4) is 0 Å². The molecule has 2 aliphatic carbocycles. The van der Waals surface area contributed by atoms with E-state index < -0.39 is 11.8 Å². The maximum atomic E-state index is 15.3. The molecule has 2 aliphatic rings. The standard InChI is InChI=1S/C31H51F2N/c1-3-5-7-8-9-10-12-14-26-17-22-30(34-24-26)28-20-21-29(31(32,33)23-28)27-18-15-25(16-19-27)13-11-6-4-2/h17,22,24-25,27-29H,3-16,18-21,23H2,1-2H3/t25?,27?,28-,29+/m0/s1. The van der Waals surface area contributed by atoms with Gasteiger partial charge in [0.25, 0.3) is 5.92 Å². The van der Waals surface area contributed by atoms with Gasteiger partial charge in [-0.25, -0.2) is 8.78 Å². The molecule has 3 rings (SSSR count). The van der Waals surface area contributed by atoms with Crippen LogP contribution >= 0.6 is 0 Å². The maximum Gasteiger partial charge on any atom is 0.251 e. The number of pyridine rings is 1. The van der Waals surface area contributed by atoms with Crippen molar-refractivity contribution in [2.24, 2.45) is 17.8 Å². The number of aryl methyl sites for hydroxylation is 1. The van der Waals surface area contributed by atoms with Gasteiger partial charge < -0.3 is 0 Å². The Morgan fingerprint density at radius 2 is 1.47 bits per heavy atom. The van der Waals surface area contributed by atoms with Crippen molar-refractivity contribution in [1.29, 1.82) is 0 Å². The van der Waals surface area contributed by atoms with E-state index in [4.69, 9.17) is 0 Å². The Hall–Kier alpha value is -0.990. The van der Waals surface area contributed by atoms with Gasteiger partial charge in [-0.2, -0.15) is 0 Å². The molecule has 0 amide bonds. The Kier molecular flexibility index (Phi) is 11.8. The number of hydrogen-bond acceptors (Lipinski definition) is 1. The summed E-state index contributed by atoms with van der Waals surface area (Å²) >= 11 is 0. The fourth-order valence-electron chi connectivity index (χ4n) is 6.68. The van der Waals surface area contributed by atoms with Crippen molar-refractivity contribution >= 4 is 0 Å². The fourth-order valence-corrected chi connectivity index (χ4v) is 6.68. The SMILES string of the molecule is CCCCCCCCCc1ccc([C@H]2CC[C@H](C3CCC(CCCCC)CC3)C(F)(F)C2)nc1. The van der Waals surface area contributed by atoms with Crippen molar-refractivity contribution in [2.75, 3.05) is 0 Å². The summed E-state index contributed by atoms with van der Waals surface area (Å²) in [7, 11) is 0. The Balaban J connectivity index is 1.41. The molecule has 194 valence electrons. The van der Waals surface area contributed by atoms with Gasteiger partial charge >= 0.3 is 0 Å². The van der Waals surface area contributed by atoms with Gasteiger partial charge in [0.05, 0.1) is 0 Å². The molecule has 2 saturated carbocycles. The van der Waals surface area contributed by atoms with E-state index in [1.807, 2.05) is 12.3 Å². The molecule has 0 saturated heterocycles. The third-order valence-corrected chi connectivity index (χ3v) is 8.90. The fraction of sp³-hybridized carbons (Fsp3) is 0.839. The van der Waals surface area contributed by atoms with Crippen molar-refractivity contribution in [3.05, 3.63) is 29.6 Å². The zero-order valence-electron chi connectivity index (χ0n) is 22.2. The topological polar surface area (TPSA) is 12.9 Å². The first-order valence-corrected chi connectivity index (χ1v) is 14.9. The minimum atomic E-state index is -2.54. The Morgan fingerprint density at radius 3 is 2.12 bits per heavy atom. The zero-order valence-corrected chi connectivity index (χ0v) is 22.2. The van der Waals surface area contributed by atoms with Gasteiger partial charge in [-0.3, -0.25) is 4.98 Å². The Bertz CT molecular complexity index is 663. The molecule has 0 N–H and O–H groups in total. The third kappa shape index (κ3) is 8.59. The molecule has 0 aliphatic heterocycles. The Labute approximate surface area is 208 Å². The molecule has 3 heteroatoms. The smallest absolute Gasteiger partial charge is 0.251 e. The van der Waals surface area contributed by atoms with E-state index in [1.54, 1.807) is 0 Å². The average molecular weight is 476 g/mol. The van der Waals surface area contributed by atoms with E-state index in [-0.39, 0.29) is 18.3 Å². The van der Waals surface area contributed by atoms with Crippen LogP contribution in [0.2, 0.25) is 0 Å². The quantitative estimate of drug-likeness (QED) is 0.244. The summed E-state index contributed by atoms with van der Waals surface area (Å²) in [5.74, 6) is -2.01. The highest BCUT2D eigenvalue weighted by Gasteiger charge is 2.49. The van der Waals surface area contributed by atoms with Crippen LogP contribution in [0.15, 0.2) is 18.3 Å². The second-order valence-electron chi connectivity index (χ2n) is 11.6. The summed E-state index contributed by atoms with van der Waals surface area (Å²) < 4.78 is 30.6. The number of unbranched alkanes of at least 4 members (excludes halogenated alkanes) is 8. The lowest BCUT2D eigenvalue weighted by atomic mass is 9.66. The largest absolute Gasteiger partial charge is 0.261 e. The van der Waals surface area contributed by atoms with Gasteiger partial charge in [0, 0.05) is 30.1 Å². The van der Waals surface area contributed by atoms with Gasteiger partial charge in [-0.05, 0) is 62.0 Å². The van der Waals surface area contributed by atoms with E-state index in [1.165, 1.54) is 89.0 Å². The van der Waals surface area contributed by atoms with E-state index in [2.05, 4.69) is 24.9 Å². The second kappa shape index (κ2) is 14.5. The molecule has 1 aromatic rings. The lowest BCUT2D eigenvalue weighted by Gasteiger charge is -2.42. The van der Waals surface area contributed by atoms with Crippen LogP contribution in [0.1, 0.15) is 147 Å². The molecular formula is C31H51F2N. The van der Waals surface area contributed by atoms with E-state index >= 15 is 8.78 Å². The molecule has 2 fully saturated rings. The molecule has 0 aromatic carbocycles. The van der Waals surface area contributed by atoms with Crippen molar-refractivity contribution in [3.63, 3.8) is 0 Å². The minimum absolute atomic E-state index is 0.00178. The summed E-state index contributed by atoms with van der Waals surface area (Å²) in [6.45, 7) is 4.50. The first kappa shape index (κ1) is 27.6. The summed E-state index contributed by atoms with van der Waals surface area (Å²) in [5.41, 5.74) is 2.15. The monoisotopic (exact) mass is 475 g/mol. The highest BCUT2D eigenvalue weighted by atomic mass is 19.3. The maximum absolute atomic E-state index is 15.3. The van der Waals surface area contributed by atoms with Gasteiger partial charge in [0.2, 0.25) is 0 Å². The molecule has 0 spiro atoms. The van der Waals surface area contributed by atoms with Crippen LogP contribution in [0, 0.1) is 17.8 Å². The van der Waals surface area contributed by atoms with E-state index in [0.29, 0.717) is 6.42 Å². The highest BCUT2D eigenvalue weighted by molar-refractivity contribution is 5.18. The molecular weight excluding hydrogens is 424 g/mol. The van der Waals surface area contributed by atoms with Crippen LogP contribution in [-0.2, 0) is 6.42 Å². The van der Waals surface area contributed by atoms with Crippen LogP contribution in [0.3, 0.4) is 0 Å². The number of alkyl halides is 2. The van der Waals surface area contributed by atoms with Gasteiger partial charge in [0.15, 0.2) is 0 Å². The lowest BCUT2D eigenvalue weighted by molar-refractivity contribution is -0.119. The molecule has 1 heterocycles. The summed E-state index contributed by atoms with van der Waals surface area (Å²) in [6.07, 6.45) is 23.3. The predicted molar refractivity (Wildman–Crippen MR) is 141 cm³/mol. The van der Waals surface area contributed by atoms with Crippen molar-refractivity contribution < 1.29 is 8.78 Å². The normalized spacial score (nSPS) is 27.1. The van der Waals surface area contributed by atoms with Gasteiger partial charge in [-0.15, -0.1) is 0 Å². The molecule has 0 radical (unpaired) electrons. The van der Waals surface area contributed by atoms with Crippen molar-refractivity contribution in [1.82, 2.24) is 4.98 Å². The van der Waals surface area contributed by atoms with Gasteiger partial charge in [0.1, 0.15) is 0 Å². The summed E-state index contributed by atoms with van der Waals surface area (Å²) in [4.78, 5) is 4.66. The lowest BCUT2D eigenvalue weighted by Crippen LogP contribution is -2.40. The number of nitrogens with zero attached hydrogens (tertiary/aromatic N) is 1. The molecule has 1 aromatic heterocycles.